The van der Waals surface area contributed by atoms with Crippen LogP contribution in [0.4, 0.5) is 0 Å². The highest BCUT2D eigenvalue weighted by Gasteiger charge is 2.45. The van der Waals surface area contributed by atoms with Crippen molar-refractivity contribution < 1.29 is 0 Å². The van der Waals surface area contributed by atoms with Gasteiger partial charge in [-0.05, 0) is 25.0 Å². The van der Waals surface area contributed by atoms with Crippen molar-refractivity contribution in [3.63, 3.8) is 0 Å². The van der Waals surface area contributed by atoms with Crippen LogP contribution in [0.2, 0.25) is 0 Å². The number of allylic oxidation sites excluding steroid dienone is 2. The van der Waals surface area contributed by atoms with Gasteiger partial charge in [-0.3, -0.25) is 0 Å². The second kappa shape index (κ2) is 2.55. The van der Waals surface area contributed by atoms with E-state index in [2.05, 4.69) is 24.0 Å². The third-order valence-electron chi connectivity index (χ3n) is 2.70. The molecule has 1 spiro atoms. The summed E-state index contributed by atoms with van der Waals surface area (Å²) in [6.07, 6.45) is 2.61. The minimum absolute atomic E-state index is 0.884. The molecule has 2 nitrogen and oxygen atoms in total. The first-order chi connectivity index (χ1) is 5.22. The first kappa shape index (κ1) is 7.72. The Hall–Kier alpha value is 0.0900. The molecule has 62 valence electrons. The summed E-state index contributed by atoms with van der Waals surface area (Å²) in [4.78, 5) is 0. The molecule has 2 rings (SSSR count). The molecule has 0 aliphatic carbocycles. The molecule has 1 fully saturated rings. The van der Waals surface area contributed by atoms with E-state index < -0.39 is 7.56 Å². The molecule has 0 aromatic rings. The Labute approximate surface area is 68.9 Å². The molecule has 0 aromatic carbocycles. The molecule has 2 heterocycles. The van der Waals surface area contributed by atoms with E-state index >= 15 is 0 Å². The smallest absolute Gasteiger partial charge is 0.155 e. The van der Waals surface area contributed by atoms with E-state index in [0.717, 1.165) is 0 Å². The highest BCUT2D eigenvalue weighted by atomic mass is 31.2. The number of hydrogen-bond acceptors (Lipinski definition) is 2. The highest BCUT2D eigenvalue weighted by molar-refractivity contribution is 7.73. The lowest BCUT2D eigenvalue weighted by molar-refractivity contribution is 0.942. The summed E-state index contributed by atoms with van der Waals surface area (Å²) in [5, 5.41) is 7.30. The van der Waals surface area contributed by atoms with Crippen LogP contribution >= 0.6 is 7.56 Å². The fraction of sp³-hybridized carbons (Fsp3) is 0.750. The Kier molecular flexibility index (Phi) is 1.79. The number of nitrogens with one attached hydrogen (secondary N) is 2. The molecule has 0 amide bonds. The monoisotopic (exact) mass is 171 g/mol. The van der Waals surface area contributed by atoms with Gasteiger partial charge in [0.2, 0.25) is 0 Å². The van der Waals surface area contributed by atoms with E-state index in [4.69, 9.17) is 0 Å². The summed E-state index contributed by atoms with van der Waals surface area (Å²) in [5.41, 5.74) is 3.22. The third-order valence-corrected chi connectivity index (χ3v) is 6.38. The first-order valence-electron chi connectivity index (χ1n) is 4.24. The fourth-order valence-corrected chi connectivity index (χ4v) is 5.86. The summed E-state index contributed by atoms with van der Waals surface area (Å²) in [7, 11) is -0.884. The van der Waals surface area contributed by atoms with Gasteiger partial charge in [0, 0.05) is 13.1 Å². The van der Waals surface area contributed by atoms with Crippen molar-refractivity contribution in [2.75, 3.05) is 25.4 Å². The standard InChI is InChI=1S/C8H16N2P/c1-7-5-11(6-8(7)2)9-3-4-10-11/h9-10H,3-6H2,1-2H3/q+1. The first-order valence-corrected chi connectivity index (χ1v) is 6.40. The molecule has 2 aliphatic heterocycles. The van der Waals surface area contributed by atoms with Gasteiger partial charge in [0.25, 0.3) is 0 Å². The normalized spacial score (nSPS) is 28.9. The maximum Gasteiger partial charge on any atom is 0.155 e. The third kappa shape index (κ3) is 1.24. The Bertz CT molecular complexity index is 188. The molecule has 1 saturated heterocycles. The van der Waals surface area contributed by atoms with Crippen LogP contribution in [0.25, 0.3) is 0 Å². The molecule has 0 saturated carbocycles. The maximum atomic E-state index is 3.65. The topological polar surface area (TPSA) is 24.1 Å². The predicted molar refractivity (Wildman–Crippen MR) is 51.0 cm³/mol. The van der Waals surface area contributed by atoms with Crippen LogP contribution in [0, 0.1) is 0 Å². The van der Waals surface area contributed by atoms with Crippen molar-refractivity contribution >= 4 is 7.56 Å². The van der Waals surface area contributed by atoms with E-state index in [1.165, 1.54) is 25.4 Å². The van der Waals surface area contributed by atoms with Gasteiger partial charge in [-0.25, -0.2) is 0 Å². The lowest BCUT2D eigenvalue weighted by atomic mass is 10.2. The Morgan fingerprint density at radius 3 is 1.91 bits per heavy atom. The Balaban J connectivity index is 2.12. The lowest BCUT2D eigenvalue weighted by Crippen LogP contribution is -2.17. The second-order valence-electron chi connectivity index (χ2n) is 3.66. The van der Waals surface area contributed by atoms with Crippen LogP contribution in [0.3, 0.4) is 0 Å². The van der Waals surface area contributed by atoms with Crippen molar-refractivity contribution in [2.24, 2.45) is 0 Å². The van der Waals surface area contributed by atoms with Crippen LogP contribution in [0.15, 0.2) is 11.1 Å². The van der Waals surface area contributed by atoms with Gasteiger partial charge in [0.1, 0.15) is 12.3 Å². The van der Waals surface area contributed by atoms with Crippen molar-refractivity contribution in [3.8, 4) is 0 Å². The van der Waals surface area contributed by atoms with Crippen LogP contribution in [-0.2, 0) is 0 Å². The summed E-state index contributed by atoms with van der Waals surface area (Å²) in [6.45, 7) is 6.89. The summed E-state index contributed by atoms with van der Waals surface area (Å²) >= 11 is 0. The molecule has 0 unspecified atom stereocenters. The average molecular weight is 171 g/mol. The summed E-state index contributed by atoms with van der Waals surface area (Å²) in [6, 6.07) is 0. The summed E-state index contributed by atoms with van der Waals surface area (Å²) < 4.78 is 0. The molecular formula is C8H16N2P+. The Morgan fingerprint density at radius 2 is 1.45 bits per heavy atom. The van der Waals surface area contributed by atoms with E-state index in [0.29, 0.717) is 0 Å². The minimum atomic E-state index is -0.884. The molecule has 2 aliphatic rings. The quantitative estimate of drug-likeness (QED) is 0.425. The van der Waals surface area contributed by atoms with Gasteiger partial charge < -0.3 is 0 Å². The zero-order valence-electron chi connectivity index (χ0n) is 7.28. The second-order valence-corrected chi connectivity index (χ2v) is 6.86. The van der Waals surface area contributed by atoms with Gasteiger partial charge in [-0.2, -0.15) is 10.2 Å². The van der Waals surface area contributed by atoms with E-state index in [1.807, 2.05) is 0 Å². The van der Waals surface area contributed by atoms with Gasteiger partial charge in [0.05, 0.1) is 0 Å². The van der Waals surface area contributed by atoms with Gasteiger partial charge in [-0.1, -0.05) is 0 Å². The lowest BCUT2D eigenvalue weighted by Gasteiger charge is -2.14. The predicted octanol–water partition coefficient (Wildman–Crippen LogP) is 1.38. The zero-order chi connectivity index (χ0) is 7.90. The molecule has 0 aromatic heterocycles. The van der Waals surface area contributed by atoms with Gasteiger partial charge in [0.15, 0.2) is 7.56 Å². The molecule has 11 heavy (non-hydrogen) atoms. The van der Waals surface area contributed by atoms with Crippen molar-refractivity contribution in [3.05, 3.63) is 11.1 Å². The van der Waals surface area contributed by atoms with Crippen molar-refractivity contribution in [1.29, 1.82) is 0 Å². The molecular weight excluding hydrogens is 155 g/mol. The zero-order valence-corrected chi connectivity index (χ0v) is 8.17. The fourth-order valence-electron chi connectivity index (χ4n) is 1.95. The largest absolute Gasteiger partial charge is 0.174 e. The SMILES string of the molecule is CC1=C(C)C[P+]2(C1)NCCN2. The van der Waals surface area contributed by atoms with E-state index in [9.17, 15) is 0 Å². The molecule has 3 heteroatoms. The van der Waals surface area contributed by atoms with Crippen molar-refractivity contribution in [1.82, 2.24) is 10.2 Å². The van der Waals surface area contributed by atoms with Crippen molar-refractivity contribution in [2.45, 2.75) is 13.8 Å². The van der Waals surface area contributed by atoms with Gasteiger partial charge in [-0.15, -0.1) is 0 Å². The average Bonchev–Trinajstić information content (AvgIpc) is 2.46. The number of hydrogen-bond donors (Lipinski definition) is 2. The maximum absolute atomic E-state index is 3.65. The van der Waals surface area contributed by atoms with E-state index in [-0.39, 0.29) is 0 Å². The molecule has 0 atom stereocenters. The highest BCUT2D eigenvalue weighted by Crippen LogP contribution is 2.59. The van der Waals surface area contributed by atoms with Crippen LogP contribution in [0.5, 0.6) is 0 Å². The van der Waals surface area contributed by atoms with Gasteiger partial charge >= 0.3 is 0 Å². The number of rotatable bonds is 0. The van der Waals surface area contributed by atoms with Crippen LogP contribution in [-0.4, -0.2) is 25.4 Å². The van der Waals surface area contributed by atoms with Crippen LogP contribution in [0.1, 0.15) is 13.8 Å². The Morgan fingerprint density at radius 1 is 1.00 bits per heavy atom. The minimum Gasteiger partial charge on any atom is -0.174 e. The van der Waals surface area contributed by atoms with Crippen LogP contribution < -0.4 is 10.2 Å². The molecule has 0 bridgehead atoms. The van der Waals surface area contributed by atoms with E-state index in [1.54, 1.807) is 11.1 Å². The summed E-state index contributed by atoms with van der Waals surface area (Å²) in [5.74, 6) is 0. The molecule has 2 N–H and O–H groups in total. The molecule has 0 radical (unpaired) electrons.